The molecule has 6 heteroatoms. The van der Waals surface area contributed by atoms with Gasteiger partial charge < -0.3 is 15.1 Å². The van der Waals surface area contributed by atoms with E-state index in [9.17, 15) is 14.4 Å². The summed E-state index contributed by atoms with van der Waals surface area (Å²) in [4.78, 5) is 34.6. The van der Waals surface area contributed by atoms with Crippen molar-refractivity contribution in [1.82, 2.24) is 4.90 Å². The number of aliphatic carboxylic acids is 2. The molecule has 6 nitrogen and oxygen atoms in total. The van der Waals surface area contributed by atoms with E-state index in [2.05, 4.69) is 0 Å². The summed E-state index contributed by atoms with van der Waals surface area (Å²) in [6.07, 6.45) is 1.34. The minimum absolute atomic E-state index is 0.0709. The third-order valence-corrected chi connectivity index (χ3v) is 3.03. The number of carboxylic acids is 2. The summed E-state index contributed by atoms with van der Waals surface area (Å²) in [5.41, 5.74) is 0. The zero-order valence-electron chi connectivity index (χ0n) is 9.76. The van der Waals surface area contributed by atoms with Gasteiger partial charge in [-0.3, -0.25) is 9.59 Å². The van der Waals surface area contributed by atoms with Crippen LogP contribution in [0.2, 0.25) is 0 Å². The second kappa shape index (κ2) is 5.65. The molecule has 0 aromatic carbocycles. The smallest absolute Gasteiger partial charge is 0.326 e. The largest absolute Gasteiger partial charge is 0.481 e. The Morgan fingerprint density at radius 1 is 1.35 bits per heavy atom. The van der Waals surface area contributed by atoms with Gasteiger partial charge in [-0.05, 0) is 19.3 Å². The zero-order chi connectivity index (χ0) is 13.0. The van der Waals surface area contributed by atoms with Crippen LogP contribution in [0.1, 0.15) is 32.6 Å². The van der Waals surface area contributed by atoms with E-state index in [4.69, 9.17) is 10.2 Å². The molecule has 1 amide bonds. The highest BCUT2D eigenvalue weighted by Gasteiger charge is 2.35. The van der Waals surface area contributed by atoms with E-state index in [1.165, 1.54) is 4.90 Å². The van der Waals surface area contributed by atoms with Crippen LogP contribution < -0.4 is 0 Å². The maximum Gasteiger partial charge on any atom is 0.326 e. The first-order valence-corrected chi connectivity index (χ1v) is 5.68. The fourth-order valence-electron chi connectivity index (χ4n) is 2.03. The number of amides is 1. The quantitative estimate of drug-likeness (QED) is 0.735. The average molecular weight is 243 g/mol. The minimum atomic E-state index is -0.985. The Morgan fingerprint density at radius 2 is 2.00 bits per heavy atom. The lowest BCUT2D eigenvalue weighted by Gasteiger charge is -2.24. The number of nitrogens with zero attached hydrogens (tertiary/aromatic N) is 1. The van der Waals surface area contributed by atoms with Crippen molar-refractivity contribution < 1.29 is 24.6 Å². The fraction of sp³-hybridized carbons (Fsp3) is 0.727. The summed E-state index contributed by atoms with van der Waals surface area (Å²) in [5, 5.41) is 17.5. The third kappa shape index (κ3) is 3.44. The van der Waals surface area contributed by atoms with Crippen LogP contribution in [0, 0.1) is 5.92 Å². The molecule has 1 aliphatic heterocycles. The van der Waals surface area contributed by atoms with Crippen molar-refractivity contribution in [3.63, 3.8) is 0 Å². The lowest BCUT2D eigenvalue weighted by atomic mass is 10.0. The van der Waals surface area contributed by atoms with Crippen molar-refractivity contribution >= 4 is 17.8 Å². The molecule has 1 rings (SSSR count). The first kappa shape index (κ1) is 13.5. The highest BCUT2D eigenvalue weighted by atomic mass is 16.4. The van der Waals surface area contributed by atoms with Crippen molar-refractivity contribution in [1.29, 1.82) is 0 Å². The molecule has 1 aliphatic rings. The summed E-state index contributed by atoms with van der Waals surface area (Å²) in [5.74, 6) is -2.62. The lowest BCUT2D eigenvalue weighted by molar-refractivity contribution is -0.150. The molecular weight excluding hydrogens is 226 g/mol. The number of carbonyl (C=O) groups is 3. The molecule has 96 valence electrons. The van der Waals surface area contributed by atoms with Crippen LogP contribution in [0.4, 0.5) is 0 Å². The molecule has 0 saturated carbocycles. The Kier molecular flexibility index (Phi) is 4.48. The molecule has 1 saturated heterocycles. The SMILES string of the molecule is CC(CCC(=O)O)C(=O)N1CCC[C@H]1C(=O)O. The van der Waals surface area contributed by atoms with Gasteiger partial charge in [0.2, 0.25) is 5.91 Å². The molecule has 0 aromatic heterocycles. The van der Waals surface area contributed by atoms with E-state index in [1.54, 1.807) is 6.92 Å². The second-order valence-electron chi connectivity index (χ2n) is 4.36. The van der Waals surface area contributed by atoms with Gasteiger partial charge in [0.1, 0.15) is 6.04 Å². The lowest BCUT2D eigenvalue weighted by Crippen LogP contribution is -2.43. The Labute approximate surface area is 99.2 Å². The summed E-state index contributed by atoms with van der Waals surface area (Å²) in [6.45, 7) is 2.09. The fourth-order valence-corrected chi connectivity index (χ4v) is 2.03. The van der Waals surface area contributed by atoms with Crippen LogP contribution >= 0.6 is 0 Å². The Bertz CT molecular complexity index is 328. The summed E-state index contributed by atoms with van der Waals surface area (Å²) < 4.78 is 0. The number of likely N-dealkylation sites (tertiary alicyclic amines) is 1. The van der Waals surface area contributed by atoms with Crippen molar-refractivity contribution in [2.45, 2.75) is 38.6 Å². The third-order valence-electron chi connectivity index (χ3n) is 3.03. The summed E-state index contributed by atoms with van der Waals surface area (Å²) in [6, 6.07) is -0.741. The molecule has 1 unspecified atom stereocenters. The van der Waals surface area contributed by atoms with Crippen LogP contribution in [0.15, 0.2) is 0 Å². The molecule has 0 spiro atoms. The van der Waals surface area contributed by atoms with E-state index in [0.717, 1.165) is 0 Å². The normalized spacial score (nSPS) is 21.2. The molecule has 0 aromatic rings. The van der Waals surface area contributed by atoms with Gasteiger partial charge in [0.25, 0.3) is 0 Å². The highest BCUT2D eigenvalue weighted by Crippen LogP contribution is 2.21. The number of rotatable bonds is 5. The molecule has 2 atom stereocenters. The maximum atomic E-state index is 11.9. The molecular formula is C11H17NO5. The van der Waals surface area contributed by atoms with Gasteiger partial charge in [-0.25, -0.2) is 4.79 Å². The van der Waals surface area contributed by atoms with Crippen LogP contribution in [0.5, 0.6) is 0 Å². The van der Waals surface area contributed by atoms with Gasteiger partial charge in [-0.1, -0.05) is 6.92 Å². The number of hydrogen-bond acceptors (Lipinski definition) is 3. The molecule has 1 fully saturated rings. The predicted molar refractivity (Wildman–Crippen MR) is 58.4 cm³/mol. The van der Waals surface area contributed by atoms with E-state index in [0.29, 0.717) is 19.4 Å². The number of carbonyl (C=O) groups excluding carboxylic acids is 1. The van der Waals surface area contributed by atoms with Crippen molar-refractivity contribution in [3.8, 4) is 0 Å². The molecule has 17 heavy (non-hydrogen) atoms. The van der Waals surface area contributed by atoms with E-state index >= 15 is 0 Å². The van der Waals surface area contributed by atoms with Gasteiger partial charge in [0.05, 0.1) is 0 Å². The number of hydrogen-bond donors (Lipinski definition) is 2. The highest BCUT2D eigenvalue weighted by molar-refractivity contribution is 5.85. The Hall–Kier alpha value is -1.59. The summed E-state index contributed by atoms with van der Waals surface area (Å²) in [7, 11) is 0. The minimum Gasteiger partial charge on any atom is -0.481 e. The maximum absolute atomic E-state index is 11.9. The molecule has 1 heterocycles. The van der Waals surface area contributed by atoms with Gasteiger partial charge >= 0.3 is 11.9 Å². The first-order valence-electron chi connectivity index (χ1n) is 5.68. The van der Waals surface area contributed by atoms with Gasteiger partial charge in [-0.15, -0.1) is 0 Å². The predicted octanol–water partition coefficient (Wildman–Crippen LogP) is 0.563. The van der Waals surface area contributed by atoms with Crippen molar-refractivity contribution in [2.24, 2.45) is 5.92 Å². The molecule has 0 radical (unpaired) electrons. The van der Waals surface area contributed by atoms with Gasteiger partial charge in [0.15, 0.2) is 0 Å². The monoisotopic (exact) mass is 243 g/mol. The topological polar surface area (TPSA) is 94.9 Å². The molecule has 0 bridgehead atoms. The van der Waals surface area contributed by atoms with Crippen LogP contribution in [0.25, 0.3) is 0 Å². The Morgan fingerprint density at radius 3 is 2.53 bits per heavy atom. The molecule has 0 aliphatic carbocycles. The van der Waals surface area contributed by atoms with Crippen LogP contribution in [-0.2, 0) is 14.4 Å². The standard InChI is InChI=1S/C11H17NO5/c1-7(4-5-9(13)14)10(15)12-6-2-3-8(12)11(16)17/h7-8H,2-6H2,1H3,(H,13,14)(H,16,17)/t7?,8-/m0/s1. The van der Waals surface area contributed by atoms with Gasteiger partial charge in [-0.2, -0.15) is 0 Å². The zero-order valence-corrected chi connectivity index (χ0v) is 9.76. The first-order chi connectivity index (χ1) is 7.93. The average Bonchev–Trinajstić information content (AvgIpc) is 2.73. The van der Waals surface area contributed by atoms with Crippen LogP contribution in [0.3, 0.4) is 0 Å². The van der Waals surface area contributed by atoms with Crippen LogP contribution in [-0.4, -0.2) is 45.5 Å². The number of carboxylic acid groups (broad SMARTS) is 2. The van der Waals surface area contributed by atoms with Crippen molar-refractivity contribution in [2.75, 3.05) is 6.54 Å². The van der Waals surface area contributed by atoms with E-state index < -0.39 is 23.9 Å². The summed E-state index contributed by atoms with van der Waals surface area (Å²) >= 11 is 0. The van der Waals surface area contributed by atoms with E-state index in [1.807, 2.05) is 0 Å². The van der Waals surface area contributed by atoms with E-state index in [-0.39, 0.29) is 18.7 Å². The van der Waals surface area contributed by atoms with Gasteiger partial charge in [0, 0.05) is 18.9 Å². The second-order valence-corrected chi connectivity index (χ2v) is 4.36. The van der Waals surface area contributed by atoms with Crippen molar-refractivity contribution in [3.05, 3.63) is 0 Å². The Balaban J connectivity index is 2.56. The molecule has 2 N–H and O–H groups in total.